The zero-order valence-electron chi connectivity index (χ0n) is 9.51. The Morgan fingerprint density at radius 3 is 1.21 bits per heavy atom. The third kappa shape index (κ3) is 9.32. The maximum Gasteiger partial charge on any atom is 2.00 e. The fourth-order valence-corrected chi connectivity index (χ4v) is 1.03. The summed E-state index contributed by atoms with van der Waals surface area (Å²) < 4.78 is 0. The number of hydrogen-bond acceptors (Lipinski definition) is 2. The van der Waals surface area contributed by atoms with Gasteiger partial charge in [0, 0.05) is 12.4 Å². The van der Waals surface area contributed by atoms with Gasteiger partial charge in [0.2, 0.25) is 0 Å². The molecule has 8 nitrogen and oxygen atoms in total. The smallest absolute Gasteiger partial charge is 0.373 e. The minimum atomic E-state index is 0. The standard InChI is InChI=1S/C10H8N2.2N3.Pt/c1-3-7-11-9(5-1)10-6-2-4-8-12-10;2*1-3-2;/h1-8H;;;/q;2*-1;+2. The molecule has 0 aliphatic carbocycles. The number of pyridine rings is 2. The van der Waals surface area contributed by atoms with E-state index in [0.717, 1.165) is 11.4 Å². The summed E-state index contributed by atoms with van der Waals surface area (Å²) in [6, 6.07) is 11.6. The van der Waals surface area contributed by atoms with Crippen LogP contribution in [0, 0.1) is 0 Å². The summed E-state index contributed by atoms with van der Waals surface area (Å²) in [5, 5.41) is 0. The predicted octanol–water partition coefficient (Wildman–Crippen LogP) is 3.87. The first-order chi connectivity index (χ1) is 8.79. The predicted molar refractivity (Wildman–Crippen MR) is 67.6 cm³/mol. The molecule has 0 aliphatic rings. The molecule has 98 valence electrons. The second kappa shape index (κ2) is 13.7. The molecular weight excluding hydrogens is 427 g/mol. The van der Waals surface area contributed by atoms with E-state index < -0.39 is 0 Å². The van der Waals surface area contributed by atoms with Crippen LogP contribution in [0.2, 0.25) is 0 Å². The van der Waals surface area contributed by atoms with Crippen LogP contribution in [0.3, 0.4) is 0 Å². The fourth-order valence-electron chi connectivity index (χ4n) is 1.03. The quantitative estimate of drug-likeness (QED) is 0.381. The Labute approximate surface area is 123 Å². The monoisotopic (exact) mass is 435 g/mol. The molecule has 19 heavy (non-hydrogen) atoms. The summed E-state index contributed by atoms with van der Waals surface area (Å²) in [5.41, 5.74) is 28.8. The van der Waals surface area contributed by atoms with Crippen molar-refractivity contribution in [3.8, 4) is 11.4 Å². The minimum Gasteiger partial charge on any atom is -0.373 e. The van der Waals surface area contributed by atoms with Gasteiger partial charge >= 0.3 is 21.1 Å². The van der Waals surface area contributed by atoms with E-state index in [2.05, 4.69) is 9.97 Å². The normalized spacial score (nSPS) is 6.95. The minimum absolute atomic E-state index is 0. The van der Waals surface area contributed by atoms with Crippen LogP contribution < -0.4 is 0 Å². The molecule has 0 bridgehead atoms. The van der Waals surface area contributed by atoms with Gasteiger partial charge in [0.25, 0.3) is 0 Å². The molecule has 0 aliphatic heterocycles. The molecule has 2 rings (SSSR count). The van der Waals surface area contributed by atoms with E-state index in [1.54, 1.807) is 12.4 Å². The Bertz CT molecular complexity index is 454. The molecule has 2 heterocycles. The SMILES string of the molecule is [N-]=[N+]=[N-].[N-]=[N+]=[N-].[Pt+2].c1ccc(-c2ccccn2)nc1. The molecule has 9 heteroatoms. The maximum absolute atomic E-state index is 6.75. The van der Waals surface area contributed by atoms with Crippen LogP contribution in [0.25, 0.3) is 43.3 Å². The molecule has 0 saturated heterocycles. The number of rotatable bonds is 1. The Morgan fingerprint density at radius 2 is 1.00 bits per heavy atom. The van der Waals surface area contributed by atoms with Crippen molar-refractivity contribution in [3.05, 3.63) is 80.7 Å². The van der Waals surface area contributed by atoms with Gasteiger partial charge in [-0.25, -0.2) is 0 Å². The molecule has 0 aromatic carbocycles. The second-order valence-electron chi connectivity index (χ2n) is 2.61. The summed E-state index contributed by atoms with van der Waals surface area (Å²) in [6.07, 6.45) is 3.54. The van der Waals surface area contributed by atoms with Crippen LogP contribution in [-0.2, 0) is 21.1 Å². The van der Waals surface area contributed by atoms with Gasteiger partial charge in [0.05, 0.1) is 11.4 Å². The zero-order chi connectivity index (χ0) is 13.6. The molecule has 0 amide bonds. The summed E-state index contributed by atoms with van der Waals surface area (Å²) in [7, 11) is 0. The van der Waals surface area contributed by atoms with E-state index >= 15 is 0 Å². The van der Waals surface area contributed by atoms with Crippen LogP contribution in [0.4, 0.5) is 0 Å². The molecule has 0 spiro atoms. The van der Waals surface area contributed by atoms with Gasteiger partial charge in [-0.15, -0.1) is 0 Å². The van der Waals surface area contributed by atoms with Crippen LogP contribution in [0.1, 0.15) is 0 Å². The molecule has 0 atom stereocenters. The zero-order valence-corrected chi connectivity index (χ0v) is 11.8. The Hall–Kier alpha value is -2.39. The van der Waals surface area contributed by atoms with Crippen LogP contribution in [0.5, 0.6) is 0 Å². The fraction of sp³-hybridized carbons (Fsp3) is 0. The number of hydrogen-bond donors (Lipinski definition) is 0. The number of nitrogens with zero attached hydrogens (tertiary/aromatic N) is 8. The van der Waals surface area contributed by atoms with Crippen molar-refractivity contribution < 1.29 is 21.1 Å². The second-order valence-corrected chi connectivity index (χ2v) is 2.61. The van der Waals surface area contributed by atoms with Crippen molar-refractivity contribution in [2.24, 2.45) is 0 Å². The van der Waals surface area contributed by atoms with Gasteiger partial charge in [-0.3, -0.25) is 19.8 Å². The molecule has 0 unspecified atom stereocenters. The first-order valence-electron chi connectivity index (χ1n) is 4.59. The molecule has 2 aromatic rings. The van der Waals surface area contributed by atoms with Gasteiger partial charge in [-0.2, -0.15) is 0 Å². The van der Waals surface area contributed by atoms with Gasteiger partial charge in [0.15, 0.2) is 0 Å². The average molecular weight is 435 g/mol. The molecule has 0 fully saturated rings. The van der Waals surface area contributed by atoms with Crippen molar-refractivity contribution in [3.63, 3.8) is 0 Å². The molecule has 0 N–H and O–H groups in total. The van der Waals surface area contributed by atoms with Gasteiger partial charge in [-0.1, -0.05) is 12.1 Å². The van der Waals surface area contributed by atoms with Crippen molar-refractivity contribution in [1.82, 2.24) is 9.97 Å². The largest absolute Gasteiger partial charge is 2.00 e. The Kier molecular flexibility index (Phi) is 13.6. The van der Waals surface area contributed by atoms with Crippen molar-refractivity contribution in [1.29, 1.82) is 0 Å². The summed E-state index contributed by atoms with van der Waals surface area (Å²) in [4.78, 5) is 11.4. The first-order valence-corrected chi connectivity index (χ1v) is 4.59. The van der Waals surface area contributed by atoms with Gasteiger partial charge in [-0.05, 0) is 24.3 Å². The van der Waals surface area contributed by atoms with Crippen LogP contribution in [-0.4, -0.2) is 9.97 Å². The summed E-state index contributed by atoms with van der Waals surface area (Å²) in [5.74, 6) is 0. The Morgan fingerprint density at radius 1 is 0.684 bits per heavy atom. The van der Waals surface area contributed by atoms with Crippen LogP contribution in [0.15, 0.2) is 48.8 Å². The Balaban J connectivity index is 0. The summed E-state index contributed by atoms with van der Waals surface area (Å²) >= 11 is 0. The van der Waals surface area contributed by atoms with Gasteiger partial charge in [0.1, 0.15) is 0 Å². The van der Waals surface area contributed by atoms with E-state index in [9.17, 15) is 0 Å². The first kappa shape index (κ1) is 19.0. The summed E-state index contributed by atoms with van der Waals surface area (Å²) in [6.45, 7) is 0. The van der Waals surface area contributed by atoms with Crippen LogP contribution >= 0.6 is 0 Å². The maximum atomic E-state index is 6.75. The van der Waals surface area contributed by atoms with Crippen molar-refractivity contribution >= 4 is 0 Å². The average Bonchev–Trinajstić information content (AvgIpc) is 2.43. The molecule has 2 aromatic heterocycles. The van der Waals surface area contributed by atoms with Gasteiger partial charge < -0.3 is 22.1 Å². The topological polar surface area (TPSA) is 143 Å². The van der Waals surface area contributed by atoms with E-state index in [1.165, 1.54) is 9.82 Å². The van der Waals surface area contributed by atoms with Crippen molar-refractivity contribution in [2.75, 3.05) is 0 Å². The van der Waals surface area contributed by atoms with Crippen molar-refractivity contribution in [2.45, 2.75) is 0 Å². The third-order valence-electron chi connectivity index (χ3n) is 1.59. The third-order valence-corrected chi connectivity index (χ3v) is 1.59. The molecular formula is C10H8N8Pt. The van der Waals surface area contributed by atoms with E-state index in [1.807, 2.05) is 36.4 Å². The molecule has 0 saturated carbocycles. The number of aromatic nitrogens is 2. The van der Waals surface area contributed by atoms with E-state index in [4.69, 9.17) is 22.1 Å². The van der Waals surface area contributed by atoms with E-state index in [0.29, 0.717) is 0 Å². The molecule has 0 radical (unpaired) electrons. The van der Waals surface area contributed by atoms with E-state index in [-0.39, 0.29) is 21.1 Å².